The molecule has 0 aromatic heterocycles. The summed E-state index contributed by atoms with van der Waals surface area (Å²) in [4.78, 5) is 11.6. The zero-order chi connectivity index (χ0) is 13.4. The lowest BCUT2D eigenvalue weighted by Gasteiger charge is -2.18. The van der Waals surface area contributed by atoms with Crippen LogP contribution < -0.4 is 0 Å². The van der Waals surface area contributed by atoms with E-state index in [1.165, 1.54) is 6.07 Å². The lowest BCUT2D eigenvalue weighted by molar-refractivity contribution is 0.0986. The molecule has 1 aliphatic heterocycles. The van der Waals surface area contributed by atoms with Crippen molar-refractivity contribution in [1.29, 1.82) is 0 Å². The second-order valence-electron chi connectivity index (χ2n) is 4.18. The van der Waals surface area contributed by atoms with Crippen LogP contribution in [0.2, 0.25) is 0 Å². The van der Waals surface area contributed by atoms with Crippen LogP contribution in [-0.4, -0.2) is 5.91 Å². The van der Waals surface area contributed by atoms with E-state index in [2.05, 4.69) is 10.2 Å². The van der Waals surface area contributed by atoms with Crippen molar-refractivity contribution in [1.82, 2.24) is 0 Å². The molecule has 3 nitrogen and oxygen atoms in total. The number of halogens is 2. The van der Waals surface area contributed by atoms with E-state index in [1.54, 1.807) is 24.3 Å². The second-order valence-corrected chi connectivity index (χ2v) is 4.18. The molecule has 5 heteroatoms. The first-order valence-electron chi connectivity index (χ1n) is 5.66. The molecule has 0 unspecified atom stereocenters. The lowest BCUT2D eigenvalue weighted by atomic mass is 9.94. The second kappa shape index (κ2) is 4.35. The Morgan fingerprint density at radius 3 is 2.58 bits per heavy atom. The van der Waals surface area contributed by atoms with E-state index in [9.17, 15) is 13.6 Å². The predicted molar refractivity (Wildman–Crippen MR) is 63.8 cm³/mol. The molecule has 3 rings (SSSR count). The Hall–Kier alpha value is -2.43. The highest BCUT2D eigenvalue weighted by Gasteiger charge is 2.25. The number of carbonyl (C=O) groups excluding carboxylic acids is 1. The van der Waals surface area contributed by atoms with Gasteiger partial charge >= 0.3 is 0 Å². The summed E-state index contributed by atoms with van der Waals surface area (Å²) >= 11 is 0. The van der Waals surface area contributed by atoms with E-state index in [4.69, 9.17) is 0 Å². The summed E-state index contributed by atoms with van der Waals surface area (Å²) in [6, 6.07) is 9.84. The summed E-state index contributed by atoms with van der Waals surface area (Å²) in [7, 11) is 0. The average Bonchev–Trinajstić information content (AvgIpc) is 2.43. The maximum absolute atomic E-state index is 13.3. The highest BCUT2D eigenvalue weighted by atomic mass is 19.2. The van der Waals surface area contributed by atoms with Gasteiger partial charge in [0.05, 0.1) is 0 Å². The normalized spacial score (nSPS) is 17.4. The Morgan fingerprint density at radius 2 is 1.79 bits per heavy atom. The van der Waals surface area contributed by atoms with Crippen molar-refractivity contribution in [3.63, 3.8) is 0 Å². The molecule has 0 N–H and O–H groups in total. The molecule has 1 atom stereocenters. The van der Waals surface area contributed by atoms with E-state index in [1.807, 2.05) is 0 Å². The molecular weight excluding hydrogens is 250 g/mol. The lowest BCUT2D eigenvalue weighted by Crippen LogP contribution is -2.11. The molecule has 2 aromatic rings. The van der Waals surface area contributed by atoms with E-state index in [0.717, 1.165) is 12.1 Å². The topological polar surface area (TPSA) is 41.8 Å². The van der Waals surface area contributed by atoms with Gasteiger partial charge in [0.25, 0.3) is 5.91 Å². The third-order valence-corrected chi connectivity index (χ3v) is 3.01. The van der Waals surface area contributed by atoms with Gasteiger partial charge in [-0.15, -0.1) is 5.11 Å². The zero-order valence-electron chi connectivity index (χ0n) is 9.68. The predicted octanol–water partition coefficient (Wildman–Crippen LogP) is 3.66. The first-order chi connectivity index (χ1) is 9.16. The van der Waals surface area contributed by atoms with Gasteiger partial charge in [-0.2, -0.15) is 5.11 Å². The number of carbonyl (C=O) groups is 1. The number of nitrogens with zero attached hydrogens (tertiary/aromatic N) is 2. The van der Waals surface area contributed by atoms with E-state index in [-0.39, 0.29) is 0 Å². The van der Waals surface area contributed by atoms with Crippen molar-refractivity contribution >= 4 is 5.91 Å². The van der Waals surface area contributed by atoms with Crippen molar-refractivity contribution in [2.24, 2.45) is 10.2 Å². The third-order valence-electron chi connectivity index (χ3n) is 3.01. The van der Waals surface area contributed by atoms with Crippen LogP contribution in [0.1, 0.15) is 27.5 Å². The number of hydrogen-bond acceptors (Lipinski definition) is 2. The summed E-state index contributed by atoms with van der Waals surface area (Å²) in [5.41, 5.74) is 1.54. The maximum atomic E-state index is 13.3. The van der Waals surface area contributed by atoms with Gasteiger partial charge in [-0.05, 0) is 29.3 Å². The number of rotatable bonds is 1. The van der Waals surface area contributed by atoms with Gasteiger partial charge in [0.15, 0.2) is 11.6 Å². The molecular formula is C14H8F2N2O. The number of amides is 1. The Balaban J connectivity index is 2.13. The van der Waals surface area contributed by atoms with Crippen molar-refractivity contribution in [2.45, 2.75) is 6.04 Å². The van der Waals surface area contributed by atoms with Gasteiger partial charge in [-0.3, -0.25) is 4.79 Å². The van der Waals surface area contributed by atoms with Crippen molar-refractivity contribution in [2.75, 3.05) is 0 Å². The number of azo groups is 1. The summed E-state index contributed by atoms with van der Waals surface area (Å²) < 4.78 is 26.2. The Labute approximate surface area is 107 Å². The SMILES string of the molecule is O=C1N=N[C@H](c2ccc(F)c(F)c2)c2ccccc21. The first-order valence-corrected chi connectivity index (χ1v) is 5.66. The molecule has 0 fully saturated rings. The van der Waals surface area contributed by atoms with Crippen LogP contribution >= 0.6 is 0 Å². The monoisotopic (exact) mass is 258 g/mol. The molecule has 1 heterocycles. The van der Waals surface area contributed by atoms with Crippen LogP contribution in [0.4, 0.5) is 8.78 Å². The molecule has 0 bridgehead atoms. The molecule has 19 heavy (non-hydrogen) atoms. The summed E-state index contributed by atoms with van der Waals surface area (Å²) in [6.07, 6.45) is 0. The van der Waals surface area contributed by atoms with Crippen LogP contribution in [0.25, 0.3) is 0 Å². The molecule has 0 spiro atoms. The molecule has 1 aliphatic rings. The number of benzene rings is 2. The van der Waals surface area contributed by atoms with E-state index >= 15 is 0 Å². The minimum Gasteiger partial charge on any atom is -0.265 e. The van der Waals surface area contributed by atoms with Crippen LogP contribution in [0, 0.1) is 11.6 Å². The first kappa shape index (κ1) is 11.6. The highest BCUT2D eigenvalue weighted by Crippen LogP contribution is 2.33. The molecule has 0 aliphatic carbocycles. The van der Waals surface area contributed by atoms with Crippen molar-refractivity contribution < 1.29 is 13.6 Å². The maximum Gasteiger partial charge on any atom is 0.295 e. The fourth-order valence-corrected chi connectivity index (χ4v) is 2.09. The molecule has 0 saturated carbocycles. The van der Waals surface area contributed by atoms with Crippen LogP contribution in [-0.2, 0) is 0 Å². The zero-order valence-corrected chi connectivity index (χ0v) is 9.68. The Morgan fingerprint density at radius 1 is 1.00 bits per heavy atom. The third kappa shape index (κ3) is 1.93. The van der Waals surface area contributed by atoms with E-state index in [0.29, 0.717) is 16.7 Å². The van der Waals surface area contributed by atoms with Crippen LogP contribution in [0.5, 0.6) is 0 Å². The minimum absolute atomic E-state index is 0.422. The van der Waals surface area contributed by atoms with Gasteiger partial charge in [0.2, 0.25) is 0 Å². The van der Waals surface area contributed by atoms with Gasteiger partial charge in [0, 0.05) is 5.56 Å². The van der Waals surface area contributed by atoms with E-state index < -0.39 is 23.6 Å². The molecule has 94 valence electrons. The van der Waals surface area contributed by atoms with Gasteiger partial charge in [0.1, 0.15) is 6.04 Å². The Bertz CT molecular complexity index is 698. The summed E-state index contributed by atoms with van der Waals surface area (Å²) in [6.45, 7) is 0. The van der Waals surface area contributed by atoms with Gasteiger partial charge in [-0.1, -0.05) is 24.3 Å². The fourth-order valence-electron chi connectivity index (χ4n) is 2.09. The smallest absolute Gasteiger partial charge is 0.265 e. The Kier molecular flexibility index (Phi) is 2.67. The molecule has 1 amide bonds. The highest BCUT2D eigenvalue weighted by molar-refractivity contribution is 5.97. The van der Waals surface area contributed by atoms with Gasteiger partial charge in [-0.25, -0.2) is 8.78 Å². The van der Waals surface area contributed by atoms with Gasteiger partial charge < -0.3 is 0 Å². The molecule has 2 aromatic carbocycles. The quantitative estimate of drug-likeness (QED) is 0.769. The van der Waals surface area contributed by atoms with Crippen molar-refractivity contribution in [3.05, 3.63) is 70.8 Å². The number of hydrogen-bond donors (Lipinski definition) is 0. The fraction of sp³-hybridized carbons (Fsp3) is 0.0714. The van der Waals surface area contributed by atoms with Crippen LogP contribution in [0.3, 0.4) is 0 Å². The number of fused-ring (bicyclic) bond motifs is 1. The largest absolute Gasteiger partial charge is 0.295 e. The molecule has 0 saturated heterocycles. The average molecular weight is 258 g/mol. The van der Waals surface area contributed by atoms with Crippen molar-refractivity contribution in [3.8, 4) is 0 Å². The minimum atomic E-state index is -0.943. The summed E-state index contributed by atoms with van der Waals surface area (Å²) in [5, 5.41) is 7.43. The standard InChI is InChI=1S/C14H8F2N2O/c15-11-6-5-8(7-12(11)16)13-9-3-1-2-4-10(9)14(19)18-17-13/h1-7,13H/t13-/m1/s1. The molecule has 0 radical (unpaired) electrons. The van der Waals surface area contributed by atoms with Crippen LogP contribution in [0.15, 0.2) is 52.7 Å². The summed E-state index contributed by atoms with van der Waals surface area (Å²) in [5.74, 6) is -2.28.